The fourth-order valence-electron chi connectivity index (χ4n) is 2.90. The first kappa shape index (κ1) is 17.5. The number of piperazine rings is 1. The standard InChI is InChI=1S/C19H20ClFN2O2/c1-14(25-18-8-3-2-7-17(18)21)19(24)23-11-9-22(10-12-23)16-6-4-5-15(20)13-16/h2-8,13-14H,9-12H2,1H3/t14-/m1/s1. The Balaban J connectivity index is 1.57. The number of para-hydroxylation sites is 1. The molecule has 4 nitrogen and oxygen atoms in total. The van der Waals surface area contributed by atoms with Gasteiger partial charge >= 0.3 is 0 Å². The lowest BCUT2D eigenvalue weighted by atomic mass is 10.2. The number of ether oxygens (including phenoxy) is 1. The minimum atomic E-state index is -0.727. The fourth-order valence-corrected chi connectivity index (χ4v) is 3.08. The zero-order chi connectivity index (χ0) is 17.8. The summed E-state index contributed by atoms with van der Waals surface area (Å²) in [7, 11) is 0. The SMILES string of the molecule is C[C@@H](Oc1ccccc1F)C(=O)N1CCN(c2cccc(Cl)c2)CC1. The Morgan fingerprint density at radius 1 is 1.12 bits per heavy atom. The molecule has 1 heterocycles. The minimum Gasteiger partial charge on any atom is -0.478 e. The Kier molecular flexibility index (Phi) is 5.43. The lowest BCUT2D eigenvalue weighted by molar-refractivity contribution is -0.138. The highest BCUT2D eigenvalue weighted by atomic mass is 35.5. The van der Waals surface area contributed by atoms with Crippen molar-refractivity contribution in [3.8, 4) is 5.75 Å². The molecule has 1 aliphatic rings. The number of benzene rings is 2. The average molecular weight is 363 g/mol. The first-order chi connectivity index (χ1) is 12.0. The molecule has 1 atom stereocenters. The van der Waals surface area contributed by atoms with Gasteiger partial charge in [-0.3, -0.25) is 4.79 Å². The Bertz CT molecular complexity index is 748. The summed E-state index contributed by atoms with van der Waals surface area (Å²) in [6, 6.07) is 13.8. The van der Waals surface area contributed by atoms with Crippen molar-refractivity contribution in [1.82, 2.24) is 4.90 Å². The smallest absolute Gasteiger partial charge is 0.263 e. The molecular weight excluding hydrogens is 343 g/mol. The van der Waals surface area contributed by atoms with Crippen molar-refractivity contribution in [2.75, 3.05) is 31.1 Å². The van der Waals surface area contributed by atoms with Gasteiger partial charge in [-0.05, 0) is 37.3 Å². The predicted molar refractivity (Wildman–Crippen MR) is 96.7 cm³/mol. The maximum atomic E-state index is 13.7. The number of hydrogen-bond donors (Lipinski definition) is 0. The predicted octanol–water partition coefficient (Wildman–Crippen LogP) is 3.60. The van der Waals surface area contributed by atoms with Crippen molar-refractivity contribution in [2.24, 2.45) is 0 Å². The number of halogens is 2. The van der Waals surface area contributed by atoms with E-state index >= 15 is 0 Å². The van der Waals surface area contributed by atoms with Crippen LogP contribution in [0.4, 0.5) is 10.1 Å². The molecule has 0 unspecified atom stereocenters. The molecule has 0 N–H and O–H groups in total. The van der Waals surface area contributed by atoms with Crippen molar-refractivity contribution in [3.63, 3.8) is 0 Å². The summed E-state index contributed by atoms with van der Waals surface area (Å²) in [6.45, 7) is 4.28. The fraction of sp³-hybridized carbons (Fsp3) is 0.316. The molecule has 0 radical (unpaired) electrons. The van der Waals surface area contributed by atoms with E-state index in [9.17, 15) is 9.18 Å². The number of nitrogens with zero attached hydrogens (tertiary/aromatic N) is 2. The summed E-state index contributed by atoms with van der Waals surface area (Å²) in [5, 5.41) is 0.697. The number of carbonyl (C=O) groups is 1. The van der Waals surface area contributed by atoms with Gasteiger partial charge in [-0.1, -0.05) is 29.8 Å². The molecule has 1 amide bonds. The molecule has 0 aromatic heterocycles. The Morgan fingerprint density at radius 2 is 1.84 bits per heavy atom. The molecule has 6 heteroatoms. The van der Waals surface area contributed by atoms with Crippen LogP contribution in [-0.4, -0.2) is 43.1 Å². The van der Waals surface area contributed by atoms with Crippen LogP contribution in [0.3, 0.4) is 0 Å². The maximum Gasteiger partial charge on any atom is 0.263 e. The maximum absolute atomic E-state index is 13.7. The van der Waals surface area contributed by atoms with E-state index in [0.717, 1.165) is 18.8 Å². The van der Waals surface area contributed by atoms with Crippen LogP contribution in [0.1, 0.15) is 6.92 Å². The average Bonchev–Trinajstić information content (AvgIpc) is 2.63. The van der Waals surface area contributed by atoms with Crippen LogP contribution in [-0.2, 0) is 4.79 Å². The van der Waals surface area contributed by atoms with Gasteiger partial charge in [0.25, 0.3) is 5.91 Å². The third kappa shape index (κ3) is 4.23. The van der Waals surface area contributed by atoms with Crippen LogP contribution in [0.5, 0.6) is 5.75 Å². The van der Waals surface area contributed by atoms with Crippen LogP contribution < -0.4 is 9.64 Å². The number of carbonyl (C=O) groups excluding carboxylic acids is 1. The molecule has 0 spiro atoms. The lowest BCUT2D eigenvalue weighted by Crippen LogP contribution is -2.52. The number of hydrogen-bond acceptors (Lipinski definition) is 3. The molecule has 2 aromatic rings. The molecule has 1 aliphatic heterocycles. The van der Waals surface area contributed by atoms with Crippen LogP contribution in [0.25, 0.3) is 0 Å². The molecule has 1 saturated heterocycles. The van der Waals surface area contributed by atoms with Crippen molar-refractivity contribution in [2.45, 2.75) is 13.0 Å². The van der Waals surface area contributed by atoms with E-state index in [1.54, 1.807) is 24.0 Å². The number of rotatable bonds is 4. The summed E-state index contributed by atoms with van der Waals surface area (Å²) in [5.74, 6) is -0.497. The van der Waals surface area contributed by atoms with Gasteiger partial charge in [-0.25, -0.2) is 4.39 Å². The van der Waals surface area contributed by atoms with Gasteiger partial charge in [-0.2, -0.15) is 0 Å². The van der Waals surface area contributed by atoms with Crippen LogP contribution >= 0.6 is 11.6 Å². The Hall–Kier alpha value is -2.27. The number of anilines is 1. The van der Waals surface area contributed by atoms with E-state index in [4.69, 9.17) is 16.3 Å². The van der Waals surface area contributed by atoms with Crippen molar-refractivity contribution >= 4 is 23.2 Å². The van der Waals surface area contributed by atoms with Gasteiger partial charge in [0.15, 0.2) is 17.7 Å². The first-order valence-electron chi connectivity index (χ1n) is 8.25. The summed E-state index contributed by atoms with van der Waals surface area (Å²) in [4.78, 5) is 16.5. The molecule has 25 heavy (non-hydrogen) atoms. The molecule has 1 fully saturated rings. The van der Waals surface area contributed by atoms with Crippen LogP contribution in [0.15, 0.2) is 48.5 Å². The lowest BCUT2D eigenvalue weighted by Gasteiger charge is -2.37. The van der Waals surface area contributed by atoms with Crippen molar-refractivity contribution in [3.05, 3.63) is 59.4 Å². The Morgan fingerprint density at radius 3 is 2.52 bits per heavy atom. The first-order valence-corrected chi connectivity index (χ1v) is 8.63. The van der Waals surface area contributed by atoms with Gasteiger partial charge in [0.05, 0.1) is 0 Å². The third-order valence-corrected chi connectivity index (χ3v) is 4.49. The minimum absolute atomic E-state index is 0.0981. The third-order valence-electron chi connectivity index (χ3n) is 4.25. The molecule has 2 aromatic carbocycles. The second-order valence-electron chi connectivity index (χ2n) is 5.98. The van der Waals surface area contributed by atoms with E-state index in [0.29, 0.717) is 18.1 Å². The molecular formula is C19H20ClFN2O2. The van der Waals surface area contributed by atoms with Crippen LogP contribution in [0, 0.1) is 5.82 Å². The van der Waals surface area contributed by atoms with Crippen LogP contribution in [0.2, 0.25) is 5.02 Å². The van der Waals surface area contributed by atoms with E-state index < -0.39 is 11.9 Å². The summed E-state index contributed by atoms with van der Waals surface area (Å²) in [5.41, 5.74) is 1.05. The largest absolute Gasteiger partial charge is 0.478 e. The highest BCUT2D eigenvalue weighted by molar-refractivity contribution is 6.30. The van der Waals surface area contributed by atoms with Gasteiger partial charge in [0, 0.05) is 36.9 Å². The van der Waals surface area contributed by atoms with E-state index in [1.165, 1.54) is 12.1 Å². The number of amides is 1. The summed E-state index contributed by atoms with van der Waals surface area (Å²) in [6.07, 6.45) is -0.727. The molecule has 0 aliphatic carbocycles. The van der Waals surface area contributed by atoms with Gasteiger partial charge in [0.1, 0.15) is 0 Å². The zero-order valence-electron chi connectivity index (χ0n) is 14.0. The monoisotopic (exact) mass is 362 g/mol. The molecule has 3 rings (SSSR count). The summed E-state index contributed by atoms with van der Waals surface area (Å²) >= 11 is 6.04. The highest BCUT2D eigenvalue weighted by Crippen LogP contribution is 2.22. The van der Waals surface area contributed by atoms with Gasteiger partial charge in [0.2, 0.25) is 0 Å². The van der Waals surface area contributed by atoms with Crippen molar-refractivity contribution < 1.29 is 13.9 Å². The quantitative estimate of drug-likeness (QED) is 0.833. The summed E-state index contributed by atoms with van der Waals surface area (Å²) < 4.78 is 19.1. The second-order valence-corrected chi connectivity index (χ2v) is 6.42. The zero-order valence-corrected chi connectivity index (χ0v) is 14.7. The normalized spacial score (nSPS) is 15.8. The topological polar surface area (TPSA) is 32.8 Å². The van der Waals surface area contributed by atoms with E-state index in [2.05, 4.69) is 4.90 Å². The van der Waals surface area contributed by atoms with Crippen molar-refractivity contribution in [1.29, 1.82) is 0 Å². The van der Waals surface area contributed by atoms with E-state index in [-0.39, 0.29) is 11.7 Å². The van der Waals surface area contributed by atoms with Gasteiger partial charge < -0.3 is 14.5 Å². The second kappa shape index (κ2) is 7.74. The molecule has 132 valence electrons. The molecule has 0 saturated carbocycles. The highest BCUT2D eigenvalue weighted by Gasteiger charge is 2.26. The van der Waals surface area contributed by atoms with Gasteiger partial charge in [-0.15, -0.1) is 0 Å². The molecule has 0 bridgehead atoms. The van der Waals surface area contributed by atoms with E-state index in [1.807, 2.05) is 24.3 Å². The Labute approximate surface area is 151 Å².